The van der Waals surface area contributed by atoms with Crippen molar-refractivity contribution in [3.05, 3.63) is 47.0 Å². The van der Waals surface area contributed by atoms with Crippen molar-refractivity contribution < 1.29 is 9.90 Å². The van der Waals surface area contributed by atoms with E-state index < -0.39 is 0 Å². The predicted octanol–water partition coefficient (Wildman–Crippen LogP) is 2.18. The van der Waals surface area contributed by atoms with Crippen LogP contribution in [0.15, 0.2) is 46.4 Å². The number of fused-ring (bicyclic) bond motifs is 1. The van der Waals surface area contributed by atoms with Crippen LogP contribution in [-0.4, -0.2) is 33.8 Å². The summed E-state index contributed by atoms with van der Waals surface area (Å²) in [6, 6.07) is 9.96. The first-order chi connectivity index (χ1) is 11.2. The van der Waals surface area contributed by atoms with Crippen molar-refractivity contribution in [3.63, 3.8) is 0 Å². The number of amides is 1. The largest absolute Gasteiger partial charge is 0.396 e. The van der Waals surface area contributed by atoms with E-state index in [2.05, 4.69) is 15.3 Å². The van der Waals surface area contributed by atoms with Crippen LogP contribution in [0.25, 0.3) is 17.0 Å². The van der Waals surface area contributed by atoms with Crippen LogP contribution < -0.4 is 5.32 Å². The molecule has 1 aromatic carbocycles. The van der Waals surface area contributed by atoms with Gasteiger partial charge in [-0.15, -0.1) is 0 Å². The Morgan fingerprint density at radius 3 is 3.17 bits per heavy atom. The summed E-state index contributed by atoms with van der Waals surface area (Å²) in [6.45, 7) is 0.161. The molecule has 0 unspecified atom stereocenters. The number of aromatic nitrogens is 1. The Hall–Kier alpha value is -2.18. The van der Waals surface area contributed by atoms with Crippen molar-refractivity contribution >= 4 is 39.8 Å². The number of aliphatic hydroxyl groups excluding tert-OH is 1. The van der Waals surface area contributed by atoms with Crippen molar-refractivity contribution in [2.24, 2.45) is 10.9 Å². The van der Waals surface area contributed by atoms with E-state index in [1.165, 1.54) is 11.8 Å². The number of amidine groups is 1. The normalized spacial score (nSPS) is 26.9. The number of nitrogens with zero attached hydrogens (tertiary/aromatic N) is 2. The fourth-order valence-corrected chi connectivity index (χ4v) is 3.44. The van der Waals surface area contributed by atoms with E-state index in [0.29, 0.717) is 10.1 Å². The average Bonchev–Trinajstić information content (AvgIpc) is 3.23. The van der Waals surface area contributed by atoms with Gasteiger partial charge in [0.1, 0.15) is 0 Å². The number of thioether (sulfide) groups is 1. The van der Waals surface area contributed by atoms with E-state index in [9.17, 15) is 4.79 Å². The molecule has 1 aliphatic carbocycles. The zero-order chi connectivity index (χ0) is 15.8. The number of aliphatic hydroxyl groups is 1. The number of aliphatic imine (C=N–C) groups is 1. The second kappa shape index (κ2) is 5.79. The van der Waals surface area contributed by atoms with Crippen LogP contribution >= 0.6 is 11.8 Å². The molecule has 2 aliphatic rings. The minimum atomic E-state index is -0.124. The number of carbonyl (C=O) groups excluding carboxylic acids is 1. The van der Waals surface area contributed by atoms with Gasteiger partial charge in [0, 0.05) is 24.1 Å². The van der Waals surface area contributed by atoms with E-state index in [0.717, 1.165) is 22.9 Å². The molecule has 1 amide bonds. The number of benzene rings is 1. The van der Waals surface area contributed by atoms with Crippen molar-refractivity contribution in [2.45, 2.75) is 12.5 Å². The highest BCUT2D eigenvalue weighted by atomic mass is 32.2. The topological polar surface area (TPSA) is 74.6 Å². The van der Waals surface area contributed by atoms with Crippen LogP contribution in [0.3, 0.4) is 0 Å². The second-order valence-electron chi connectivity index (χ2n) is 5.70. The second-order valence-corrected chi connectivity index (χ2v) is 6.73. The number of rotatable bonds is 3. The molecular weight excluding hydrogens is 310 g/mol. The molecule has 1 aromatic heterocycles. The van der Waals surface area contributed by atoms with E-state index in [1.54, 1.807) is 6.20 Å². The monoisotopic (exact) mass is 325 g/mol. The zero-order valence-electron chi connectivity index (χ0n) is 12.3. The van der Waals surface area contributed by atoms with Gasteiger partial charge in [-0.05, 0) is 48.0 Å². The Bertz CT molecular complexity index is 847. The summed E-state index contributed by atoms with van der Waals surface area (Å²) in [6.07, 6.45) is 4.53. The molecule has 0 bridgehead atoms. The Labute approximate surface area is 137 Å². The minimum Gasteiger partial charge on any atom is -0.396 e. The van der Waals surface area contributed by atoms with E-state index in [4.69, 9.17) is 5.11 Å². The molecular formula is C17H15N3O2S. The Morgan fingerprint density at radius 2 is 2.35 bits per heavy atom. The summed E-state index contributed by atoms with van der Waals surface area (Å²) in [5, 5.41) is 13.5. The van der Waals surface area contributed by atoms with Crippen molar-refractivity contribution in [1.82, 2.24) is 10.3 Å². The molecule has 1 saturated heterocycles. The van der Waals surface area contributed by atoms with Crippen LogP contribution in [0, 0.1) is 5.92 Å². The first-order valence-electron chi connectivity index (χ1n) is 7.47. The maximum atomic E-state index is 12.1. The van der Waals surface area contributed by atoms with Gasteiger partial charge in [-0.1, -0.05) is 12.1 Å². The molecule has 23 heavy (non-hydrogen) atoms. The molecule has 4 rings (SSSR count). The summed E-state index contributed by atoms with van der Waals surface area (Å²) < 4.78 is 0. The van der Waals surface area contributed by atoms with E-state index in [1.807, 2.05) is 36.4 Å². The summed E-state index contributed by atoms with van der Waals surface area (Å²) in [5.41, 5.74) is 1.90. The molecule has 0 radical (unpaired) electrons. The molecule has 2 N–H and O–H groups in total. The number of pyridine rings is 1. The maximum Gasteiger partial charge on any atom is 0.264 e. The summed E-state index contributed by atoms with van der Waals surface area (Å²) >= 11 is 1.35. The summed E-state index contributed by atoms with van der Waals surface area (Å²) in [5.74, 6) is 0.127. The Morgan fingerprint density at radius 1 is 1.43 bits per heavy atom. The first-order valence-corrected chi connectivity index (χ1v) is 8.29. The quantitative estimate of drug-likeness (QED) is 0.848. The Kier molecular flexibility index (Phi) is 3.63. The van der Waals surface area contributed by atoms with Crippen LogP contribution in [0.4, 0.5) is 0 Å². The van der Waals surface area contributed by atoms with Gasteiger partial charge in [0.05, 0.1) is 16.5 Å². The lowest BCUT2D eigenvalue weighted by molar-refractivity contribution is -0.115. The SMILES string of the molecule is O=C1NC(=N[C@@H]2C[C@H]2CO)SC1=Cc1ccc2ncccc2c1. The molecule has 2 atom stereocenters. The lowest BCUT2D eigenvalue weighted by Gasteiger charge is -1.99. The fourth-order valence-electron chi connectivity index (χ4n) is 2.56. The lowest BCUT2D eigenvalue weighted by atomic mass is 10.1. The molecule has 1 aliphatic heterocycles. The van der Waals surface area contributed by atoms with Gasteiger partial charge in [0.25, 0.3) is 5.91 Å². The van der Waals surface area contributed by atoms with Gasteiger partial charge in [0.15, 0.2) is 5.17 Å². The smallest absolute Gasteiger partial charge is 0.264 e. The van der Waals surface area contributed by atoms with Gasteiger partial charge >= 0.3 is 0 Å². The highest BCUT2D eigenvalue weighted by Crippen LogP contribution is 2.35. The standard InChI is InChI=1S/C17H15N3O2S/c21-9-12-8-14(12)19-17-20-16(22)15(23-17)7-10-3-4-13-11(6-10)2-1-5-18-13/h1-7,12,14,21H,8-9H2,(H,19,20,22)/t12-,14+/m0/s1. The van der Waals surface area contributed by atoms with E-state index in [-0.39, 0.29) is 24.5 Å². The Balaban J connectivity index is 1.56. The van der Waals surface area contributed by atoms with Gasteiger partial charge in [-0.3, -0.25) is 14.8 Å². The average molecular weight is 325 g/mol. The number of carbonyl (C=O) groups is 1. The minimum absolute atomic E-state index is 0.124. The van der Waals surface area contributed by atoms with Crippen LogP contribution in [-0.2, 0) is 4.79 Å². The van der Waals surface area contributed by atoms with Crippen molar-refractivity contribution in [1.29, 1.82) is 0 Å². The lowest BCUT2D eigenvalue weighted by Crippen LogP contribution is -2.20. The molecule has 6 heteroatoms. The van der Waals surface area contributed by atoms with Crippen LogP contribution in [0.2, 0.25) is 0 Å². The first kappa shape index (κ1) is 14.4. The molecule has 5 nitrogen and oxygen atoms in total. The molecule has 1 saturated carbocycles. The van der Waals surface area contributed by atoms with Gasteiger partial charge < -0.3 is 10.4 Å². The summed E-state index contributed by atoms with van der Waals surface area (Å²) in [7, 11) is 0. The molecule has 116 valence electrons. The maximum absolute atomic E-state index is 12.1. The highest BCUT2D eigenvalue weighted by molar-refractivity contribution is 8.18. The third-order valence-electron chi connectivity index (χ3n) is 3.98. The number of hydrogen-bond donors (Lipinski definition) is 2. The van der Waals surface area contributed by atoms with E-state index >= 15 is 0 Å². The van der Waals surface area contributed by atoms with Crippen LogP contribution in [0.1, 0.15) is 12.0 Å². The molecule has 2 fully saturated rings. The molecule has 2 heterocycles. The third kappa shape index (κ3) is 3.00. The third-order valence-corrected chi connectivity index (χ3v) is 4.90. The zero-order valence-corrected chi connectivity index (χ0v) is 13.1. The van der Waals surface area contributed by atoms with Gasteiger partial charge in [0.2, 0.25) is 0 Å². The van der Waals surface area contributed by atoms with Crippen molar-refractivity contribution in [3.8, 4) is 0 Å². The number of hydrogen-bond acceptors (Lipinski definition) is 5. The van der Waals surface area contributed by atoms with Crippen LogP contribution in [0.5, 0.6) is 0 Å². The summed E-state index contributed by atoms with van der Waals surface area (Å²) in [4.78, 5) is 21.5. The van der Waals surface area contributed by atoms with Gasteiger partial charge in [-0.25, -0.2) is 0 Å². The van der Waals surface area contributed by atoms with Gasteiger partial charge in [-0.2, -0.15) is 0 Å². The molecule has 0 spiro atoms. The fraction of sp³-hybridized carbons (Fsp3) is 0.235. The number of nitrogens with one attached hydrogen (secondary N) is 1. The highest BCUT2D eigenvalue weighted by Gasteiger charge is 2.37. The van der Waals surface area contributed by atoms with Crippen molar-refractivity contribution in [2.75, 3.05) is 6.61 Å². The molecule has 2 aromatic rings. The predicted molar refractivity (Wildman–Crippen MR) is 91.9 cm³/mol.